The van der Waals surface area contributed by atoms with Gasteiger partial charge in [0.2, 0.25) is 0 Å². The van der Waals surface area contributed by atoms with E-state index < -0.39 is 10.1 Å². The summed E-state index contributed by atoms with van der Waals surface area (Å²) in [6.45, 7) is 3.73. The molecule has 0 unspecified atom stereocenters. The highest BCUT2D eigenvalue weighted by atomic mass is 32.2. The summed E-state index contributed by atoms with van der Waals surface area (Å²) in [4.78, 5) is 1.99. The van der Waals surface area contributed by atoms with E-state index in [2.05, 4.69) is 0 Å². The lowest BCUT2D eigenvalue weighted by molar-refractivity contribution is 0.236. The largest absolute Gasteiger partial charge is 0.487 e. The molecule has 6 heteroatoms. The van der Waals surface area contributed by atoms with Gasteiger partial charge in [0.15, 0.2) is 11.5 Å². The van der Waals surface area contributed by atoms with Crippen LogP contribution in [0.1, 0.15) is 13.8 Å². The number of para-hydroxylation sites is 2. The van der Waals surface area contributed by atoms with Gasteiger partial charge >= 0.3 is 10.1 Å². The Hall–Kier alpha value is -2.21. The number of hydrogen-bond acceptors (Lipinski definition) is 5. The van der Waals surface area contributed by atoms with E-state index in [1.54, 1.807) is 36.4 Å². The van der Waals surface area contributed by atoms with Crippen molar-refractivity contribution in [3.05, 3.63) is 48.5 Å². The van der Waals surface area contributed by atoms with Crippen LogP contribution < -0.4 is 13.8 Å². The van der Waals surface area contributed by atoms with Gasteiger partial charge in [-0.25, -0.2) is 0 Å². The van der Waals surface area contributed by atoms with Crippen LogP contribution in [0.15, 0.2) is 53.4 Å². The normalized spacial score (nSPS) is 11.3. The van der Waals surface area contributed by atoms with Gasteiger partial charge in [-0.1, -0.05) is 12.1 Å². The monoisotopic (exact) mass is 335 g/mol. The van der Waals surface area contributed by atoms with Crippen molar-refractivity contribution in [2.75, 3.05) is 19.0 Å². The second kappa shape index (κ2) is 6.91. The summed E-state index contributed by atoms with van der Waals surface area (Å²) in [5.41, 5.74) is 0.910. The third-order valence-electron chi connectivity index (χ3n) is 3.05. The highest BCUT2D eigenvalue weighted by Gasteiger charge is 2.19. The van der Waals surface area contributed by atoms with Crippen molar-refractivity contribution in [2.45, 2.75) is 24.8 Å². The van der Waals surface area contributed by atoms with Crippen molar-refractivity contribution in [1.29, 1.82) is 0 Å². The summed E-state index contributed by atoms with van der Waals surface area (Å²) in [6.07, 6.45) is -0.0816. The van der Waals surface area contributed by atoms with Crippen LogP contribution in [0.2, 0.25) is 0 Å². The number of hydrogen-bond donors (Lipinski definition) is 0. The fourth-order valence-electron chi connectivity index (χ4n) is 1.95. The van der Waals surface area contributed by atoms with E-state index in [-0.39, 0.29) is 16.7 Å². The Bertz CT molecular complexity index is 752. The zero-order valence-electron chi connectivity index (χ0n) is 13.7. The number of ether oxygens (including phenoxy) is 1. The SMILES string of the molecule is CC(C)Oc1ccccc1OS(=O)(=O)c1ccc(N(C)C)cc1. The minimum absolute atomic E-state index is 0.0816. The summed E-state index contributed by atoms with van der Waals surface area (Å²) in [5.74, 6) is 0.578. The molecule has 0 atom stereocenters. The predicted octanol–water partition coefficient (Wildman–Crippen LogP) is 3.31. The topological polar surface area (TPSA) is 55.8 Å². The lowest BCUT2D eigenvalue weighted by Crippen LogP contribution is -2.13. The first-order valence-corrected chi connectivity index (χ1v) is 8.68. The molecule has 2 aromatic rings. The van der Waals surface area contributed by atoms with Crippen molar-refractivity contribution < 1.29 is 17.3 Å². The van der Waals surface area contributed by atoms with Gasteiger partial charge in [0, 0.05) is 19.8 Å². The summed E-state index contributed by atoms with van der Waals surface area (Å²) in [6, 6.07) is 13.2. The summed E-state index contributed by atoms with van der Waals surface area (Å²) >= 11 is 0. The van der Waals surface area contributed by atoms with Crippen LogP contribution >= 0.6 is 0 Å². The van der Waals surface area contributed by atoms with Crippen LogP contribution in [0.3, 0.4) is 0 Å². The van der Waals surface area contributed by atoms with Gasteiger partial charge < -0.3 is 13.8 Å². The highest BCUT2D eigenvalue weighted by molar-refractivity contribution is 7.87. The fourth-order valence-corrected chi connectivity index (χ4v) is 2.89. The molecule has 0 amide bonds. The van der Waals surface area contributed by atoms with Gasteiger partial charge in [0.1, 0.15) is 4.90 Å². The van der Waals surface area contributed by atoms with Crippen molar-refractivity contribution in [2.24, 2.45) is 0 Å². The molecule has 0 heterocycles. The smallest absolute Gasteiger partial charge is 0.339 e. The molecule has 0 spiro atoms. The predicted molar refractivity (Wildman–Crippen MR) is 90.8 cm³/mol. The van der Waals surface area contributed by atoms with Crippen molar-refractivity contribution in [1.82, 2.24) is 0 Å². The highest BCUT2D eigenvalue weighted by Crippen LogP contribution is 2.30. The average Bonchev–Trinajstić information content (AvgIpc) is 2.48. The van der Waals surface area contributed by atoms with E-state index in [9.17, 15) is 8.42 Å². The summed E-state index contributed by atoms with van der Waals surface area (Å²) in [5, 5.41) is 0. The molecule has 0 fully saturated rings. The first kappa shape index (κ1) is 17.1. The van der Waals surface area contributed by atoms with Gasteiger partial charge in [0.05, 0.1) is 6.10 Å². The van der Waals surface area contributed by atoms with Crippen LogP contribution in [0.5, 0.6) is 11.5 Å². The molecule has 2 rings (SSSR count). The molecule has 0 bridgehead atoms. The summed E-state index contributed by atoms with van der Waals surface area (Å²) in [7, 11) is -0.136. The molecular formula is C17H21NO4S. The van der Waals surface area contributed by atoms with Crippen LogP contribution in [0, 0.1) is 0 Å². The van der Waals surface area contributed by atoms with E-state index in [4.69, 9.17) is 8.92 Å². The number of anilines is 1. The molecule has 0 aromatic heterocycles. The lowest BCUT2D eigenvalue weighted by Gasteiger charge is -2.15. The number of rotatable bonds is 6. The third kappa shape index (κ3) is 4.39. The minimum Gasteiger partial charge on any atom is -0.487 e. The average molecular weight is 335 g/mol. The second-order valence-corrected chi connectivity index (χ2v) is 7.09. The van der Waals surface area contributed by atoms with Crippen LogP contribution in [0.25, 0.3) is 0 Å². The van der Waals surface area contributed by atoms with Crippen molar-refractivity contribution in [3.8, 4) is 11.5 Å². The first-order chi connectivity index (χ1) is 10.8. The maximum atomic E-state index is 12.4. The van der Waals surface area contributed by atoms with E-state index in [0.717, 1.165) is 5.69 Å². The molecule has 124 valence electrons. The van der Waals surface area contributed by atoms with Crippen molar-refractivity contribution >= 4 is 15.8 Å². The standard InChI is InChI=1S/C17H21NO4S/c1-13(2)21-16-7-5-6-8-17(16)22-23(19,20)15-11-9-14(10-12-15)18(3)4/h5-13H,1-4H3. The van der Waals surface area contributed by atoms with Crippen LogP contribution in [0.4, 0.5) is 5.69 Å². The molecule has 0 aliphatic carbocycles. The molecule has 5 nitrogen and oxygen atoms in total. The Morgan fingerprint density at radius 2 is 1.48 bits per heavy atom. The minimum atomic E-state index is -3.91. The Morgan fingerprint density at radius 1 is 0.913 bits per heavy atom. The maximum Gasteiger partial charge on any atom is 0.339 e. The molecular weight excluding hydrogens is 314 g/mol. The van der Waals surface area contributed by atoms with E-state index in [1.165, 1.54) is 12.1 Å². The molecule has 0 N–H and O–H groups in total. The molecule has 23 heavy (non-hydrogen) atoms. The van der Waals surface area contributed by atoms with Gasteiger partial charge in [-0.2, -0.15) is 8.42 Å². The fraction of sp³-hybridized carbons (Fsp3) is 0.294. The van der Waals surface area contributed by atoms with E-state index in [1.807, 2.05) is 32.8 Å². The Morgan fingerprint density at radius 3 is 2.00 bits per heavy atom. The molecule has 2 aromatic carbocycles. The van der Waals surface area contributed by atoms with Gasteiger partial charge in [0.25, 0.3) is 0 Å². The Labute approximate surface area is 137 Å². The van der Waals surface area contributed by atoms with Gasteiger partial charge in [-0.3, -0.25) is 0 Å². The molecule has 0 saturated carbocycles. The Balaban J connectivity index is 2.28. The quantitative estimate of drug-likeness (QED) is 0.758. The van der Waals surface area contributed by atoms with Crippen molar-refractivity contribution in [3.63, 3.8) is 0 Å². The van der Waals surface area contributed by atoms with E-state index >= 15 is 0 Å². The molecule has 0 radical (unpaired) electrons. The lowest BCUT2D eigenvalue weighted by atomic mass is 10.3. The van der Waals surface area contributed by atoms with Gasteiger partial charge in [-0.05, 0) is 50.2 Å². The third-order valence-corrected chi connectivity index (χ3v) is 4.30. The second-order valence-electron chi connectivity index (χ2n) is 5.54. The number of benzene rings is 2. The van der Waals surface area contributed by atoms with Crippen LogP contribution in [-0.4, -0.2) is 28.6 Å². The van der Waals surface area contributed by atoms with Gasteiger partial charge in [-0.15, -0.1) is 0 Å². The number of nitrogens with zero attached hydrogens (tertiary/aromatic N) is 1. The van der Waals surface area contributed by atoms with Crippen LogP contribution in [-0.2, 0) is 10.1 Å². The Kier molecular flexibility index (Phi) is 5.15. The molecule has 0 aliphatic heterocycles. The first-order valence-electron chi connectivity index (χ1n) is 7.27. The zero-order valence-corrected chi connectivity index (χ0v) is 14.5. The molecule has 0 aliphatic rings. The summed E-state index contributed by atoms with van der Waals surface area (Å²) < 4.78 is 35.7. The molecule has 0 saturated heterocycles. The zero-order chi connectivity index (χ0) is 17.0. The maximum absolute atomic E-state index is 12.4. The van der Waals surface area contributed by atoms with E-state index in [0.29, 0.717) is 5.75 Å².